The number of amides is 1. The fourth-order valence-electron chi connectivity index (χ4n) is 2.15. The second kappa shape index (κ2) is 6.83. The molecule has 1 aliphatic rings. The van der Waals surface area contributed by atoms with Crippen LogP contribution in [0.5, 0.6) is 0 Å². The van der Waals surface area contributed by atoms with Gasteiger partial charge in [-0.25, -0.2) is 0 Å². The topological polar surface area (TPSA) is 110 Å². The molecule has 0 aromatic carbocycles. The third-order valence-corrected chi connectivity index (χ3v) is 3.50. The highest BCUT2D eigenvalue weighted by Gasteiger charge is 2.22. The molecule has 1 fully saturated rings. The first-order valence-corrected chi connectivity index (χ1v) is 6.78. The first-order chi connectivity index (χ1) is 9.58. The Balaban J connectivity index is 1.97. The number of hydrogen-bond donors (Lipinski definition) is 3. The maximum atomic E-state index is 11.3. The van der Waals surface area contributed by atoms with Gasteiger partial charge in [0.15, 0.2) is 11.0 Å². The van der Waals surface area contributed by atoms with Crippen molar-refractivity contribution in [2.75, 3.05) is 25.1 Å². The number of nitrogens with two attached hydrogens (primary N) is 1. The highest BCUT2D eigenvalue weighted by atomic mass is 35.5. The molecule has 1 aromatic heterocycles. The molecule has 20 heavy (non-hydrogen) atoms. The minimum Gasteiger partial charge on any atom is -0.391 e. The number of nitrogens with zero attached hydrogens (tertiary/aromatic N) is 2. The van der Waals surface area contributed by atoms with E-state index in [1.165, 1.54) is 6.07 Å². The maximum absolute atomic E-state index is 11.3. The predicted molar refractivity (Wildman–Crippen MR) is 73.6 cm³/mol. The lowest BCUT2D eigenvalue weighted by atomic mass is 9.94. The monoisotopic (exact) mass is 300 g/mol. The second-order valence-electron chi connectivity index (χ2n) is 4.69. The molecule has 4 N–H and O–H groups in total. The Bertz CT molecular complexity index is 480. The van der Waals surface area contributed by atoms with Crippen LogP contribution in [0.2, 0.25) is 5.15 Å². The van der Waals surface area contributed by atoms with Gasteiger partial charge in [-0.2, -0.15) is 0 Å². The molecule has 1 aliphatic heterocycles. The van der Waals surface area contributed by atoms with Crippen molar-refractivity contribution in [2.24, 2.45) is 11.7 Å². The summed E-state index contributed by atoms with van der Waals surface area (Å²) in [5.41, 5.74) is 5.40. The van der Waals surface area contributed by atoms with Crippen molar-refractivity contribution in [3.05, 3.63) is 16.8 Å². The van der Waals surface area contributed by atoms with E-state index in [2.05, 4.69) is 15.5 Å². The molecule has 2 rings (SSSR count). The van der Waals surface area contributed by atoms with Crippen molar-refractivity contribution in [3.63, 3.8) is 0 Å². The molecule has 0 aliphatic carbocycles. The summed E-state index contributed by atoms with van der Waals surface area (Å²) in [6.45, 7) is 1.59. The van der Waals surface area contributed by atoms with Crippen LogP contribution in [0.4, 0.5) is 5.82 Å². The van der Waals surface area contributed by atoms with Crippen LogP contribution in [0, 0.1) is 5.92 Å². The second-order valence-corrected chi connectivity index (χ2v) is 5.08. The summed E-state index contributed by atoms with van der Waals surface area (Å²) in [6.07, 6.45) is 1.09. The molecule has 1 unspecified atom stereocenters. The fraction of sp³-hybridized carbons (Fsp3) is 0.583. The number of aliphatic hydroxyl groups is 1. The third kappa shape index (κ3) is 3.78. The molecule has 0 spiro atoms. The van der Waals surface area contributed by atoms with Gasteiger partial charge in [0, 0.05) is 19.8 Å². The molecule has 2 heterocycles. The molecule has 1 atom stereocenters. The van der Waals surface area contributed by atoms with Gasteiger partial charge < -0.3 is 20.9 Å². The van der Waals surface area contributed by atoms with E-state index in [0.717, 1.165) is 12.8 Å². The molecular weight excluding hydrogens is 284 g/mol. The summed E-state index contributed by atoms with van der Waals surface area (Å²) in [6, 6.07) is 1.35. The van der Waals surface area contributed by atoms with Crippen molar-refractivity contribution in [1.82, 2.24) is 10.2 Å². The summed E-state index contributed by atoms with van der Waals surface area (Å²) in [7, 11) is 0. The van der Waals surface area contributed by atoms with Crippen LogP contribution in [-0.4, -0.2) is 47.1 Å². The van der Waals surface area contributed by atoms with E-state index in [1.54, 1.807) is 0 Å². The van der Waals surface area contributed by atoms with Crippen molar-refractivity contribution < 1.29 is 14.6 Å². The summed E-state index contributed by atoms with van der Waals surface area (Å²) >= 11 is 5.67. The number of ether oxygens (including phenoxy) is 1. The van der Waals surface area contributed by atoms with Gasteiger partial charge in [0.25, 0.3) is 5.91 Å². The minimum atomic E-state index is -0.648. The van der Waals surface area contributed by atoms with Crippen LogP contribution >= 0.6 is 11.6 Å². The SMILES string of the molecule is NC(=O)c1cc(Cl)nnc1NCC(O)C1CCOCC1. The van der Waals surface area contributed by atoms with Gasteiger partial charge in [-0.15, -0.1) is 10.2 Å². The van der Waals surface area contributed by atoms with E-state index in [0.29, 0.717) is 13.2 Å². The Kier molecular flexibility index (Phi) is 5.11. The number of carbonyl (C=O) groups excluding carboxylic acids is 1. The molecule has 8 heteroatoms. The van der Waals surface area contributed by atoms with E-state index >= 15 is 0 Å². The van der Waals surface area contributed by atoms with Crippen molar-refractivity contribution >= 4 is 23.3 Å². The van der Waals surface area contributed by atoms with Crippen molar-refractivity contribution in [1.29, 1.82) is 0 Å². The number of nitrogens with one attached hydrogen (secondary N) is 1. The molecule has 7 nitrogen and oxygen atoms in total. The van der Waals surface area contributed by atoms with Gasteiger partial charge in [0.2, 0.25) is 0 Å². The Morgan fingerprint density at radius 1 is 1.55 bits per heavy atom. The third-order valence-electron chi connectivity index (χ3n) is 3.32. The van der Waals surface area contributed by atoms with Crippen LogP contribution in [0.25, 0.3) is 0 Å². The standard InChI is InChI=1S/C12H17ClN4O3/c13-10-5-8(11(14)19)12(17-16-10)15-6-9(18)7-1-3-20-4-2-7/h5,7,9,18H,1-4,6H2,(H2,14,19)(H,15,17). The summed E-state index contributed by atoms with van der Waals surface area (Å²) in [4.78, 5) is 11.3. The highest BCUT2D eigenvalue weighted by molar-refractivity contribution is 6.29. The van der Waals surface area contributed by atoms with Crippen molar-refractivity contribution in [3.8, 4) is 0 Å². The van der Waals surface area contributed by atoms with Crippen LogP contribution in [0.1, 0.15) is 23.2 Å². The number of hydrogen-bond acceptors (Lipinski definition) is 6. The maximum Gasteiger partial charge on any atom is 0.252 e. The first-order valence-electron chi connectivity index (χ1n) is 6.40. The summed E-state index contributed by atoms with van der Waals surface area (Å²) in [5.74, 6) is -0.244. The van der Waals surface area contributed by atoms with Crippen LogP contribution < -0.4 is 11.1 Å². The molecular formula is C12H17ClN4O3. The Morgan fingerprint density at radius 3 is 2.90 bits per heavy atom. The zero-order valence-electron chi connectivity index (χ0n) is 10.9. The molecule has 0 bridgehead atoms. The minimum absolute atomic E-state index is 0.0920. The molecule has 1 saturated heterocycles. The van der Waals surface area contributed by atoms with Gasteiger partial charge in [0.05, 0.1) is 11.7 Å². The quantitative estimate of drug-likeness (QED) is 0.727. The van der Waals surface area contributed by atoms with E-state index in [1.807, 2.05) is 0 Å². The number of rotatable bonds is 5. The van der Waals surface area contributed by atoms with E-state index in [4.69, 9.17) is 22.1 Å². The zero-order chi connectivity index (χ0) is 14.5. The van der Waals surface area contributed by atoms with Gasteiger partial charge in [-0.05, 0) is 24.8 Å². The zero-order valence-corrected chi connectivity index (χ0v) is 11.6. The largest absolute Gasteiger partial charge is 0.391 e. The number of halogens is 1. The van der Waals surface area contributed by atoms with E-state index < -0.39 is 12.0 Å². The Hall–Kier alpha value is -1.44. The highest BCUT2D eigenvalue weighted by Crippen LogP contribution is 2.20. The number of aliphatic hydroxyl groups excluding tert-OH is 1. The van der Waals surface area contributed by atoms with Gasteiger partial charge in [-0.1, -0.05) is 11.6 Å². The first kappa shape index (κ1) is 15.0. The van der Waals surface area contributed by atoms with E-state index in [-0.39, 0.29) is 29.0 Å². The number of carbonyl (C=O) groups is 1. The van der Waals surface area contributed by atoms with Gasteiger partial charge in [0.1, 0.15) is 0 Å². The summed E-state index contributed by atoms with van der Waals surface area (Å²) < 4.78 is 5.25. The smallest absolute Gasteiger partial charge is 0.252 e. The van der Waals surface area contributed by atoms with Gasteiger partial charge in [-0.3, -0.25) is 4.79 Å². The number of anilines is 1. The van der Waals surface area contributed by atoms with Crippen LogP contribution in [-0.2, 0) is 4.74 Å². The van der Waals surface area contributed by atoms with Crippen LogP contribution in [0.3, 0.4) is 0 Å². The predicted octanol–water partition coefficient (Wildman–Crippen LogP) is 0.428. The fourth-order valence-corrected chi connectivity index (χ4v) is 2.30. The lowest BCUT2D eigenvalue weighted by Gasteiger charge is -2.27. The molecule has 0 radical (unpaired) electrons. The number of primary amides is 1. The molecule has 1 aromatic rings. The average Bonchev–Trinajstić information content (AvgIpc) is 2.46. The molecule has 110 valence electrons. The molecule has 1 amide bonds. The lowest BCUT2D eigenvalue weighted by Crippen LogP contribution is -2.33. The number of aromatic nitrogens is 2. The molecule has 0 saturated carbocycles. The lowest BCUT2D eigenvalue weighted by molar-refractivity contribution is 0.0131. The Labute approximate surface area is 121 Å². The summed E-state index contributed by atoms with van der Waals surface area (Å²) in [5, 5.41) is 20.5. The van der Waals surface area contributed by atoms with E-state index in [9.17, 15) is 9.90 Å². The normalized spacial score (nSPS) is 17.7. The van der Waals surface area contributed by atoms with Gasteiger partial charge >= 0.3 is 0 Å². The Morgan fingerprint density at radius 2 is 2.25 bits per heavy atom. The van der Waals surface area contributed by atoms with Crippen LogP contribution in [0.15, 0.2) is 6.07 Å². The van der Waals surface area contributed by atoms with Crippen molar-refractivity contribution in [2.45, 2.75) is 18.9 Å². The average molecular weight is 301 g/mol.